The van der Waals surface area contributed by atoms with Crippen molar-refractivity contribution < 1.29 is 0 Å². The highest BCUT2D eigenvalue weighted by molar-refractivity contribution is 5.04. The fourth-order valence-electron chi connectivity index (χ4n) is 3.06. The lowest BCUT2D eigenvalue weighted by Gasteiger charge is -2.30. The summed E-state index contributed by atoms with van der Waals surface area (Å²) in [5.41, 5.74) is 2.23. The van der Waals surface area contributed by atoms with Gasteiger partial charge in [-0.15, -0.1) is 0 Å². The van der Waals surface area contributed by atoms with Crippen molar-refractivity contribution >= 4 is 0 Å². The van der Waals surface area contributed by atoms with Crippen LogP contribution in [0.2, 0.25) is 0 Å². The number of hydrogen-bond acceptors (Lipinski definition) is 4. The molecule has 0 amide bonds. The third kappa shape index (κ3) is 4.61. The standard InChI is InChI=1S/C18H24N4/c1-3-10-19-17(6-1)13-21-15-8-5-9-16(12-15)22-14-18-7-2-4-11-20-18/h1-4,6-7,10-11,15-16,21-22H,5,8-9,12-14H2. The molecular weight excluding hydrogens is 272 g/mol. The van der Waals surface area contributed by atoms with E-state index in [1.54, 1.807) is 0 Å². The molecule has 2 unspecified atom stereocenters. The third-order valence-electron chi connectivity index (χ3n) is 4.27. The van der Waals surface area contributed by atoms with Crippen molar-refractivity contribution in [2.24, 2.45) is 0 Å². The van der Waals surface area contributed by atoms with Crippen molar-refractivity contribution in [3.8, 4) is 0 Å². The van der Waals surface area contributed by atoms with Crippen molar-refractivity contribution in [3.05, 3.63) is 60.2 Å². The number of rotatable bonds is 6. The van der Waals surface area contributed by atoms with Gasteiger partial charge in [0, 0.05) is 37.6 Å². The Hall–Kier alpha value is -1.78. The molecule has 0 aromatic carbocycles. The van der Waals surface area contributed by atoms with E-state index in [9.17, 15) is 0 Å². The highest BCUT2D eigenvalue weighted by Crippen LogP contribution is 2.19. The van der Waals surface area contributed by atoms with Gasteiger partial charge >= 0.3 is 0 Å². The average molecular weight is 296 g/mol. The molecule has 2 heterocycles. The molecule has 0 aliphatic heterocycles. The van der Waals surface area contributed by atoms with E-state index in [1.165, 1.54) is 25.7 Å². The molecule has 116 valence electrons. The molecule has 0 bridgehead atoms. The molecule has 2 atom stereocenters. The predicted octanol–water partition coefficient (Wildman–Crippen LogP) is 2.67. The summed E-state index contributed by atoms with van der Waals surface area (Å²) in [6.07, 6.45) is 8.69. The lowest BCUT2D eigenvalue weighted by Crippen LogP contribution is -2.41. The van der Waals surface area contributed by atoms with E-state index in [2.05, 4.69) is 32.7 Å². The average Bonchev–Trinajstić information content (AvgIpc) is 2.60. The van der Waals surface area contributed by atoms with Crippen LogP contribution in [0.25, 0.3) is 0 Å². The summed E-state index contributed by atoms with van der Waals surface area (Å²) < 4.78 is 0. The Morgan fingerprint density at radius 3 is 1.82 bits per heavy atom. The van der Waals surface area contributed by atoms with Gasteiger partial charge in [0.25, 0.3) is 0 Å². The Labute approximate surface area is 132 Å². The van der Waals surface area contributed by atoms with Gasteiger partial charge in [-0.05, 0) is 43.5 Å². The number of aromatic nitrogens is 2. The number of nitrogens with zero attached hydrogens (tertiary/aromatic N) is 2. The minimum atomic E-state index is 0.581. The first-order chi connectivity index (χ1) is 10.9. The van der Waals surface area contributed by atoms with E-state index in [0.717, 1.165) is 24.5 Å². The fourth-order valence-corrected chi connectivity index (χ4v) is 3.06. The van der Waals surface area contributed by atoms with E-state index in [0.29, 0.717) is 12.1 Å². The highest BCUT2D eigenvalue weighted by Gasteiger charge is 2.21. The van der Waals surface area contributed by atoms with Crippen LogP contribution in [-0.4, -0.2) is 22.1 Å². The molecule has 1 fully saturated rings. The van der Waals surface area contributed by atoms with Crippen molar-refractivity contribution in [1.29, 1.82) is 0 Å². The topological polar surface area (TPSA) is 49.8 Å². The van der Waals surface area contributed by atoms with Crippen LogP contribution in [0.15, 0.2) is 48.8 Å². The fraction of sp³-hybridized carbons (Fsp3) is 0.444. The molecule has 3 rings (SSSR count). The molecule has 0 radical (unpaired) electrons. The molecule has 2 aromatic heterocycles. The van der Waals surface area contributed by atoms with Crippen LogP contribution in [0.5, 0.6) is 0 Å². The van der Waals surface area contributed by atoms with E-state index >= 15 is 0 Å². The second-order valence-electron chi connectivity index (χ2n) is 5.96. The van der Waals surface area contributed by atoms with Crippen molar-refractivity contribution in [3.63, 3.8) is 0 Å². The van der Waals surface area contributed by atoms with Gasteiger partial charge in [-0.3, -0.25) is 9.97 Å². The Bertz CT molecular complexity index is 494. The van der Waals surface area contributed by atoms with Gasteiger partial charge < -0.3 is 10.6 Å². The van der Waals surface area contributed by atoms with Gasteiger partial charge in [0.15, 0.2) is 0 Å². The first-order valence-corrected chi connectivity index (χ1v) is 8.17. The van der Waals surface area contributed by atoms with Gasteiger partial charge in [-0.1, -0.05) is 18.6 Å². The Morgan fingerprint density at radius 1 is 0.818 bits per heavy atom. The lowest BCUT2D eigenvalue weighted by molar-refractivity contribution is 0.299. The molecule has 1 aliphatic rings. The maximum Gasteiger partial charge on any atom is 0.0541 e. The number of nitrogens with one attached hydrogen (secondary N) is 2. The molecule has 1 aliphatic carbocycles. The van der Waals surface area contributed by atoms with Crippen LogP contribution in [0.1, 0.15) is 37.1 Å². The third-order valence-corrected chi connectivity index (χ3v) is 4.27. The van der Waals surface area contributed by atoms with Gasteiger partial charge in [-0.25, -0.2) is 0 Å². The van der Waals surface area contributed by atoms with Crippen LogP contribution in [0.4, 0.5) is 0 Å². The first kappa shape index (κ1) is 15.1. The monoisotopic (exact) mass is 296 g/mol. The van der Waals surface area contributed by atoms with E-state index in [1.807, 2.05) is 36.7 Å². The van der Waals surface area contributed by atoms with Crippen LogP contribution < -0.4 is 10.6 Å². The maximum atomic E-state index is 4.37. The number of hydrogen-bond donors (Lipinski definition) is 2. The largest absolute Gasteiger partial charge is 0.308 e. The first-order valence-electron chi connectivity index (χ1n) is 8.17. The highest BCUT2D eigenvalue weighted by atomic mass is 15.0. The predicted molar refractivity (Wildman–Crippen MR) is 88.2 cm³/mol. The Kier molecular flexibility index (Phi) is 5.51. The van der Waals surface area contributed by atoms with Crippen LogP contribution in [0.3, 0.4) is 0 Å². The van der Waals surface area contributed by atoms with Crippen molar-refractivity contribution in [1.82, 2.24) is 20.6 Å². The zero-order chi connectivity index (χ0) is 15.0. The van der Waals surface area contributed by atoms with Gasteiger partial charge in [0.2, 0.25) is 0 Å². The van der Waals surface area contributed by atoms with Gasteiger partial charge in [-0.2, -0.15) is 0 Å². The summed E-state index contributed by atoms with van der Waals surface area (Å²) in [5, 5.41) is 7.30. The summed E-state index contributed by atoms with van der Waals surface area (Å²) >= 11 is 0. The zero-order valence-corrected chi connectivity index (χ0v) is 12.9. The molecule has 4 nitrogen and oxygen atoms in total. The van der Waals surface area contributed by atoms with E-state index in [4.69, 9.17) is 0 Å². The quantitative estimate of drug-likeness (QED) is 0.860. The molecule has 2 N–H and O–H groups in total. The normalized spacial score (nSPS) is 21.6. The molecular formula is C18H24N4. The van der Waals surface area contributed by atoms with E-state index in [-0.39, 0.29) is 0 Å². The molecule has 4 heteroatoms. The Morgan fingerprint density at radius 2 is 1.36 bits per heavy atom. The minimum absolute atomic E-state index is 0.581. The molecule has 0 saturated heterocycles. The molecule has 22 heavy (non-hydrogen) atoms. The second kappa shape index (κ2) is 8.01. The summed E-state index contributed by atoms with van der Waals surface area (Å²) in [7, 11) is 0. The smallest absolute Gasteiger partial charge is 0.0541 e. The van der Waals surface area contributed by atoms with Crippen molar-refractivity contribution in [2.45, 2.75) is 50.9 Å². The lowest BCUT2D eigenvalue weighted by atomic mass is 9.91. The van der Waals surface area contributed by atoms with Crippen LogP contribution in [0, 0.1) is 0 Å². The SMILES string of the molecule is c1ccc(CNC2CCCC(NCc3ccccn3)C2)nc1. The van der Waals surface area contributed by atoms with Crippen LogP contribution >= 0.6 is 0 Å². The maximum absolute atomic E-state index is 4.37. The summed E-state index contributed by atoms with van der Waals surface area (Å²) in [4.78, 5) is 8.74. The molecule has 0 spiro atoms. The Balaban J connectivity index is 1.43. The summed E-state index contributed by atoms with van der Waals surface area (Å²) in [6.45, 7) is 1.72. The second-order valence-corrected chi connectivity index (χ2v) is 5.96. The summed E-state index contributed by atoms with van der Waals surface area (Å²) in [6, 6.07) is 13.3. The minimum Gasteiger partial charge on any atom is -0.308 e. The molecule has 2 aromatic rings. The van der Waals surface area contributed by atoms with Crippen molar-refractivity contribution in [2.75, 3.05) is 0 Å². The molecule has 1 saturated carbocycles. The summed E-state index contributed by atoms with van der Waals surface area (Å²) in [5.74, 6) is 0. The van der Waals surface area contributed by atoms with E-state index < -0.39 is 0 Å². The van der Waals surface area contributed by atoms with Gasteiger partial charge in [0.05, 0.1) is 11.4 Å². The van der Waals surface area contributed by atoms with Gasteiger partial charge in [0.1, 0.15) is 0 Å². The zero-order valence-electron chi connectivity index (χ0n) is 12.9. The number of pyridine rings is 2. The van der Waals surface area contributed by atoms with Crippen LogP contribution in [-0.2, 0) is 13.1 Å².